The zero-order valence-corrected chi connectivity index (χ0v) is 16.7. The number of rotatable bonds is 3. The van der Waals surface area contributed by atoms with Crippen molar-refractivity contribution in [2.75, 3.05) is 31.5 Å². The van der Waals surface area contributed by atoms with Crippen LogP contribution < -0.4 is 10.9 Å². The van der Waals surface area contributed by atoms with Crippen molar-refractivity contribution in [2.45, 2.75) is 13.5 Å². The van der Waals surface area contributed by atoms with Crippen LogP contribution >= 0.6 is 12.2 Å². The lowest BCUT2D eigenvalue weighted by Crippen LogP contribution is -2.49. The molecule has 144 valence electrons. The molecular weight excluding hydrogens is 370 g/mol. The Hall–Kier alpha value is -2.70. The molecule has 1 N–H and O–H groups in total. The van der Waals surface area contributed by atoms with Crippen LogP contribution in [0.25, 0.3) is 11.0 Å². The minimum absolute atomic E-state index is 0.334. The zero-order valence-electron chi connectivity index (χ0n) is 15.9. The standard InChI is InChI=1S/C22H23N3O2S/c1-16-13-21(26)27-20-14-18(7-8-19(16)20)23-22(28)25-11-9-24(10-12-25)15-17-5-3-2-4-6-17/h2-8,13-14H,9-12,15H2,1H3,(H,23,28). The van der Waals surface area contributed by atoms with Gasteiger partial charge in [0.05, 0.1) is 0 Å². The van der Waals surface area contributed by atoms with Crippen molar-refractivity contribution >= 4 is 34.0 Å². The Kier molecular flexibility index (Phi) is 5.41. The third-order valence-corrected chi connectivity index (χ3v) is 5.47. The molecule has 3 aromatic rings. The smallest absolute Gasteiger partial charge is 0.336 e. The number of anilines is 1. The van der Waals surface area contributed by atoms with E-state index in [-0.39, 0.29) is 5.63 Å². The van der Waals surface area contributed by atoms with Gasteiger partial charge in [-0.05, 0) is 42.4 Å². The molecule has 1 saturated heterocycles. The second-order valence-electron chi connectivity index (χ2n) is 7.14. The first-order valence-corrected chi connectivity index (χ1v) is 9.86. The van der Waals surface area contributed by atoms with Crippen LogP contribution in [0, 0.1) is 6.92 Å². The normalized spacial score (nSPS) is 15.0. The lowest BCUT2D eigenvalue weighted by molar-refractivity contribution is 0.177. The predicted octanol–water partition coefficient (Wildman–Crippen LogP) is 3.62. The number of nitrogens with zero attached hydrogens (tertiary/aromatic N) is 2. The molecule has 4 rings (SSSR count). The van der Waals surface area contributed by atoms with Gasteiger partial charge in [-0.2, -0.15) is 0 Å². The number of hydrogen-bond acceptors (Lipinski definition) is 4. The average molecular weight is 394 g/mol. The molecule has 6 heteroatoms. The number of fused-ring (bicyclic) bond motifs is 1. The second kappa shape index (κ2) is 8.12. The van der Waals surface area contributed by atoms with Crippen LogP contribution in [0.15, 0.2) is 63.8 Å². The highest BCUT2D eigenvalue weighted by Gasteiger charge is 2.19. The van der Waals surface area contributed by atoms with Gasteiger partial charge in [-0.3, -0.25) is 4.90 Å². The maximum atomic E-state index is 11.6. The van der Waals surface area contributed by atoms with E-state index in [1.54, 1.807) is 0 Å². The third-order valence-electron chi connectivity index (χ3n) is 5.11. The SMILES string of the molecule is Cc1cc(=O)oc2cc(NC(=S)N3CCN(Cc4ccccc4)CC3)ccc12. The summed E-state index contributed by atoms with van der Waals surface area (Å²) in [6.45, 7) is 6.61. The maximum Gasteiger partial charge on any atom is 0.336 e. The molecule has 0 spiro atoms. The third kappa shape index (κ3) is 4.24. The van der Waals surface area contributed by atoms with Crippen LogP contribution in [0.4, 0.5) is 5.69 Å². The Bertz CT molecular complexity index is 1040. The lowest BCUT2D eigenvalue weighted by Gasteiger charge is -2.36. The number of nitrogens with one attached hydrogen (secondary N) is 1. The zero-order chi connectivity index (χ0) is 19.5. The highest BCUT2D eigenvalue weighted by molar-refractivity contribution is 7.80. The number of benzene rings is 2. The minimum Gasteiger partial charge on any atom is -0.423 e. The van der Waals surface area contributed by atoms with E-state index < -0.39 is 0 Å². The quantitative estimate of drug-likeness (QED) is 0.542. The predicted molar refractivity (Wildman–Crippen MR) is 117 cm³/mol. The van der Waals surface area contributed by atoms with Crippen molar-refractivity contribution in [3.63, 3.8) is 0 Å². The van der Waals surface area contributed by atoms with E-state index in [2.05, 4.69) is 39.4 Å². The molecule has 0 radical (unpaired) electrons. The first kappa shape index (κ1) is 18.7. The molecule has 1 aliphatic rings. The van der Waals surface area contributed by atoms with Crippen molar-refractivity contribution in [1.29, 1.82) is 0 Å². The summed E-state index contributed by atoms with van der Waals surface area (Å²) in [6.07, 6.45) is 0. The Labute approximate surface area is 169 Å². The fourth-order valence-electron chi connectivity index (χ4n) is 3.56. The lowest BCUT2D eigenvalue weighted by atomic mass is 10.1. The molecule has 1 aromatic heterocycles. The molecule has 0 aliphatic carbocycles. The molecule has 0 saturated carbocycles. The number of thiocarbonyl (C=S) groups is 1. The largest absolute Gasteiger partial charge is 0.423 e. The van der Waals surface area contributed by atoms with Gasteiger partial charge >= 0.3 is 5.63 Å². The van der Waals surface area contributed by atoms with Gasteiger partial charge in [-0.15, -0.1) is 0 Å². The van der Waals surface area contributed by atoms with E-state index in [4.69, 9.17) is 16.6 Å². The molecule has 0 amide bonds. The van der Waals surface area contributed by atoms with Crippen LogP contribution in [-0.4, -0.2) is 41.1 Å². The van der Waals surface area contributed by atoms with Crippen LogP contribution in [0.2, 0.25) is 0 Å². The first-order valence-electron chi connectivity index (χ1n) is 9.45. The minimum atomic E-state index is -0.334. The first-order chi connectivity index (χ1) is 13.6. The van der Waals surface area contributed by atoms with E-state index in [1.165, 1.54) is 11.6 Å². The van der Waals surface area contributed by atoms with Gasteiger partial charge in [0.2, 0.25) is 0 Å². The number of piperazine rings is 1. The Morgan fingerprint density at radius 3 is 2.57 bits per heavy atom. The molecule has 2 aromatic carbocycles. The topological polar surface area (TPSA) is 48.7 Å². The van der Waals surface area contributed by atoms with Gasteiger partial charge in [0.15, 0.2) is 5.11 Å². The molecule has 28 heavy (non-hydrogen) atoms. The van der Waals surface area contributed by atoms with Crippen LogP contribution in [0.5, 0.6) is 0 Å². The molecule has 1 aliphatic heterocycles. The van der Waals surface area contributed by atoms with Crippen LogP contribution in [0.3, 0.4) is 0 Å². The average Bonchev–Trinajstić information content (AvgIpc) is 2.69. The van der Waals surface area contributed by atoms with Crippen molar-refractivity contribution in [3.05, 3.63) is 76.1 Å². The number of aryl methyl sites for hydroxylation is 1. The summed E-state index contributed by atoms with van der Waals surface area (Å²) in [5.41, 5.74) is 3.32. The summed E-state index contributed by atoms with van der Waals surface area (Å²) in [7, 11) is 0. The Balaban J connectivity index is 1.37. The van der Waals surface area contributed by atoms with Gasteiger partial charge in [0, 0.05) is 55.9 Å². The van der Waals surface area contributed by atoms with Gasteiger partial charge in [-0.25, -0.2) is 4.79 Å². The monoisotopic (exact) mass is 393 g/mol. The van der Waals surface area contributed by atoms with E-state index in [0.717, 1.165) is 49.4 Å². The van der Waals surface area contributed by atoms with Crippen molar-refractivity contribution < 1.29 is 4.42 Å². The van der Waals surface area contributed by atoms with E-state index >= 15 is 0 Å². The van der Waals surface area contributed by atoms with Crippen molar-refractivity contribution in [3.8, 4) is 0 Å². The van der Waals surface area contributed by atoms with Crippen LogP contribution in [-0.2, 0) is 6.54 Å². The van der Waals surface area contributed by atoms with E-state index in [0.29, 0.717) is 10.7 Å². The number of hydrogen-bond donors (Lipinski definition) is 1. The summed E-state index contributed by atoms with van der Waals surface area (Å²) in [5.74, 6) is 0. The van der Waals surface area contributed by atoms with Crippen LogP contribution in [0.1, 0.15) is 11.1 Å². The molecule has 2 heterocycles. The fourth-order valence-corrected chi connectivity index (χ4v) is 3.86. The highest BCUT2D eigenvalue weighted by atomic mass is 32.1. The Morgan fingerprint density at radius 2 is 1.82 bits per heavy atom. The van der Waals surface area contributed by atoms with E-state index in [9.17, 15) is 4.79 Å². The highest BCUT2D eigenvalue weighted by Crippen LogP contribution is 2.21. The Morgan fingerprint density at radius 1 is 1.07 bits per heavy atom. The van der Waals surface area contributed by atoms with Crippen molar-refractivity contribution in [2.24, 2.45) is 0 Å². The molecule has 0 atom stereocenters. The van der Waals surface area contributed by atoms with Crippen molar-refractivity contribution in [1.82, 2.24) is 9.80 Å². The maximum absolute atomic E-state index is 11.6. The summed E-state index contributed by atoms with van der Waals surface area (Å²) >= 11 is 5.60. The molecule has 5 nitrogen and oxygen atoms in total. The van der Waals surface area contributed by atoms with E-state index in [1.807, 2.05) is 31.2 Å². The van der Waals surface area contributed by atoms with Gasteiger partial charge in [-0.1, -0.05) is 30.3 Å². The fraction of sp³-hybridized carbons (Fsp3) is 0.273. The summed E-state index contributed by atoms with van der Waals surface area (Å²) in [4.78, 5) is 16.3. The second-order valence-corrected chi connectivity index (χ2v) is 7.53. The molecule has 1 fully saturated rings. The summed E-state index contributed by atoms with van der Waals surface area (Å²) < 4.78 is 5.32. The molecule has 0 bridgehead atoms. The molecular formula is C22H23N3O2S. The summed E-state index contributed by atoms with van der Waals surface area (Å²) in [5, 5.41) is 4.92. The van der Waals surface area contributed by atoms with Gasteiger partial charge in [0.25, 0.3) is 0 Å². The van der Waals surface area contributed by atoms with Gasteiger partial charge in [0.1, 0.15) is 5.58 Å². The van der Waals surface area contributed by atoms with Gasteiger partial charge < -0.3 is 14.6 Å². The molecule has 0 unspecified atom stereocenters. The summed E-state index contributed by atoms with van der Waals surface area (Å²) in [6, 6.07) is 17.8.